The number of benzene rings is 1. The number of anilines is 1. The highest BCUT2D eigenvalue weighted by Crippen LogP contribution is 2.38. The fourth-order valence-corrected chi connectivity index (χ4v) is 4.67. The second kappa shape index (κ2) is 9.16. The summed E-state index contributed by atoms with van der Waals surface area (Å²) in [6.07, 6.45) is 3.95. The van der Waals surface area contributed by atoms with Crippen LogP contribution in [0.2, 0.25) is 0 Å². The third kappa shape index (κ3) is 4.51. The molecule has 28 heavy (non-hydrogen) atoms. The van der Waals surface area contributed by atoms with Crippen LogP contribution in [0, 0.1) is 0 Å². The summed E-state index contributed by atoms with van der Waals surface area (Å²) in [5, 5.41) is 6.45. The summed E-state index contributed by atoms with van der Waals surface area (Å²) in [7, 11) is 1.57. The fourth-order valence-electron chi connectivity index (χ4n) is 3.13. The maximum absolute atomic E-state index is 12.5. The predicted molar refractivity (Wildman–Crippen MR) is 114 cm³/mol. The van der Waals surface area contributed by atoms with Crippen molar-refractivity contribution in [1.29, 1.82) is 0 Å². The molecule has 0 fully saturated rings. The Kier molecular flexibility index (Phi) is 6.64. The molecule has 0 spiro atoms. The molecule has 2 aromatic rings. The Balaban J connectivity index is 1.75. The van der Waals surface area contributed by atoms with Crippen LogP contribution in [0.1, 0.15) is 50.9 Å². The number of hydrogen-bond donors (Lipinski definition) is 2. The van der Waals surface area contributed by atoms with E-state index in [1.54, 1.807) is 38.3 Å². The minimum absolute atomic E-state index is 0.143. The molecule has 0 bridgehead atoms. The summed E-state index contributed by atoms with van der Waals surface area (Å²) in [6, 6.07) is 6.73. The van der Waals surface area contributed by atoms with Gasteiger partial charge in [-0.05, 0) is 74.7 Å². The number of hydrogen-bond acceptors (Lipinski definition) is 6. The highest BCUT2D eigenvalue weighted by atomic mass is 32.1. The van der Waals surface area contributed by atoms with Gasteiger partial charge in [-0.1, -0.05) is 0 Å². The van der Waals surface area contributed by atoms with Crippen molar-refractivity contribution in [2.24, 2.45) is 0 Å². The van der Waals surface area contributed by atoms with E-state index in [1.165, 1.54) is 16.2 Å². The molecule has 6 nitrogen and oxygen atoms in total. The topological polar surface area (TPSA) is 76.7 Å². The average molecular weight is 419 g/mol. The molecule has 1 aromatic heterocycles. The molecule has 1 amide bonds. The number of methoxy groups -OCH3 is 1. The first-order valence-electron chi connectivity index (χ1n) is 9.11. The zero-order valence-electron chi connectivity index (χ0n) is 15.8. The molecule has 1 heterocycles. The van der Waals surface area contributed by atoms with Crippen LogP contribution >= 0.6 is 23.6 Å². The number of fused-ring (bicyclic) bond motifs is 1. The first-order valence-corrected chi connectivity index (χ1v) is 10.3. The maximum atomic E-state index is 12.5. The van der Waals surface area contributed by atoms with Gasteiger partial charge in [0, 0.05) is 10.4 Å². The molecule has 8 heteroatoms. The molecule has 1 aliphatic rings. The van der Waals surface area contributed by atoms with E-state index in [2.05, 4.69) is 10.6 Å². The van der Waals surface area contributed by atoms with Crippen molar-refractivity contribution in [2.45, 2.75) is 32.6 Å². The van der Waals surface area contributed by atoms with Crippen molar-refractivity contribution in [3.8, 4) is 5.75 Å². The number of thiocarbonyl (C=S) groups is 1. The van der Waals surface area contributed by atoms with Gasteiger partial charge in [-0.15, -0.1) is 11.3 Å². The van der Waals surface area contributed by atoms with Crippen LogP contribution in [-0.4, -0.2) is 30.7 Å². The summed E-state index contributed by atoms with van der Waals surface area (Å²) >= 11 is 6.80. The van der Waals surface area contributed by atoms with E-state index in [0.717, 1.165) is 31.2 Å². The van der Waals surface area contributed by atoms with Crippen LogP contribution in [0.25, 0.3) is 0 Å². The van der Waals surface area contributed by atoms with Gasteiger partial charge in [0.1, 0.15) is 10.8 Å². The van der Waals surface area contributed by atoms with Crippen LogP contribution in [-0.2, 0) is 17.6 Å². The van der Waals surface area contributed by atoms with E-state index in [4.69, 9.17) is 21.7 Å². The number of carbonyl (C=O) groups is 2. The zero-order valence-corrected chi connectivity index (χ0v) is 17.4. The van der Waals surface area contributed by atoms with E-state index < -0.39 is 0 Å². The normalized spacial score (nSPS) is 12.6. The lowest BCUT2D eigenvalue weighted by molar-refractivity contribution is 0.0526. The zero-order chi connectivity index (χ0) is 20.1. The molecule has 2 N–H and O–H groups in total. The number of carbonyl (C=O) groups excluding carboxylic acids is 2. The molecule has 1 aliphatic carbocycles. The van der Waals surface area contributed by atoms with Gasteiger partial charge in [0.05, 0.1) is 19.3 Å². The van der Waals surface area contributed by atoms with Gasteiger partial charge in [-0.3, -0.25) is 10.1 Å². The van der Waals surface area contributed by atoms with Crippen molar-refractivity contribution in [1.82, 2.24) is 5.32 Å². The Bertz CT molecular complexity index is 890. The highest BCUT2D eigenvalue weighted by Gasteiger charge is 2.27. The Labute approximate surface area is 173 Å². The van der Waals surface area contributed by atoms with Gasteiger partial charge in [-0.2, -0.15) is 0 Å². The molecule has 0 atom stereocenters. The van der Waals surface area contributed by atoms with Gasteiger partial charge in [0.25, 0.3) is 5.91 Å². The van der Waals surface area contributed by atoms with Gasteiger partial charge in [0.2, 0.25) is 0 Å². The van der Waals surface area contributed by atoms with Gasteiger partial charge in [0.15, 0.2) is 5.11 Å². The molecule has 0 radical (unpaired) electrons. The first-order chi connectivity index (χ1) is 13.5. The second-order valence-electron chi connectivity index (χ2n) is 6.27. The van der Waals surface area contributed by atoms with Crippen LogP contribution in [0.5, 0.6) is 5.75 Å². The highest BCUT2D eigenvalue weighted by molar-refractivity contribution is 7.80. The van der Waals surface area contributed by atoms with Gasteiger partial charge in [-0.25, -0.2) is 4.79 Å². The molecule has 0 saturated heterocycles. The number of nitrogens with one attached hydrogen (secondary N) is 2. The number of amides is 1. The SMILES string of the molecule is CCOC(=O)c1c(NC(=S)NC(=O)c2ccc(OC)cc2)sc2c1CCCC2. The lowest BCUT2D eigenvalue weighted by atomic mass is 9.95. The van der Waals surface area contributed by atoms with Crippen molar-refractivity contribution in [3.63, 3.8) is 0 Å². The quantitative estimate of drug-likeness (QED) is 0.566. The van der Waals surface area contributed by atoms with E-state index in [-0.39, 0.29) is 17.0 Å². The lowest BCUT2D eigenvalue weighted by Gasteiger charge is -2.13. The lowest BCUT2D eigenvalue weighted by Crippen LogP contribution is -2.34. The number of rotatable bonds is 5. The first kappa shape index (κ1) is 20.3. The third-order valence-corrected chi connectivity index (χ3v) is 5.87. The Morgan fingerprint density at radius 2 is 1.89 bits per heavy atom. The Hall–Kier alpha value is -2.45. The van der Waals surface area contributed by atoms with Gasteiger partial charge < -0.3 is 14.8 Å². The fraction of sp³-hybridized carbons (Fsp3) is 0.350. The summed E-state index contributed by atoms with van der Waals surface area (Å²) in [6.45, 7) is 2.09. The molecule has 0 saturated carbocycles. The standard InChI is InChI=1S/C20H22N2O4S2/c1-3-26-19(24)16-14-6-4-5-7-15(14)28-18(16)22-20(27)21-17(23)12-8-10-13(25-2)11-9-12/h8-11H,3-7H2,1-2H3,(H2,21,22,23,27). The molecular formula is C20H22N2O4S2. The molecular weight excluding hydrogens is 396 g/mol. The summed E-state index contributed by atoms with van der Waals surface area (Å²) in [5.41, 5.74) is 2.05. The van der Waals surface area contributed by atoms with Crippen LogP contribution in [0.4, 0.5) is 5.00 Å². The monoisotopic (exact) mass is 418 g/mol. The van der Waals surface area contributed by atoms with E-state index in [1.807, 2.05) is 0 Å². The van der Waals surface area contributed by atoms with Crippen molar-refractivity contribution in [2.75, 3.05) is 19.0 Å². The maximum Gasteiger partial charge on any atom is 0.341 e. The molecule has 0 unspecified atom stereocenters. The average Bonchev–Trinajstić information content (AvgIpc) is 3.05. The predicted octanol–water partition coefficient (Wildman–Crippen LogP) is 3.94. The molecule has 1 aromatic carbocycles. The summed E-state index contributed by atoms with van der Waals surface area (Å²) in [5.74, 6) is -0.0201. The number of thiophene rings is 1. The minimum atomic E-state index is -0.353. The Morgan fingerprint density at radius 3 is 2.57 bits per heavy atom. The molecule has 148 valence electrons. The smallest absolute Gasteiger partial charge is 0.341 e. The molecule has 0 aliphatic heterocycles. The number of esters is 1. The van der Waals surface area contributed by atoms with E-state index in [9.17, 15) is 9.59 Å². The molecule has 3 rings (SSSR count). The Morgan fingerprint density at radius 1 is 1.18 bits per heavy atom. The van der Waals surface area contributed by atoms with E-state index in [0.29, 0.717) is 28.5 Å². The number of aryl methyl sites for hydroxylation is 1. The van der Waals surface area contributed by atoms with E-state index >= 15 is 0 Å². The summed E-state index contributed by atoms with van der Waals surface area (Å²) < 4.78 is 10.3. The van der Waals surface area contributed by atoms with Crippen LogP contribution < -0.4 is 15.4 Å². The minimum Gasteiger partial charge on any atom is -0.497 e. The largest absolute Gasteiger partial charge is 0.497 e. The van der Waals surface area contributed by atoms with Gasteiger partial charge >= 0.3 is 5.97 Å². The summed E-state index contributed by atoms with van der Waals surface area (Å²) in [4.78, 5) is 26.1. The van der Waals surface area contributed by atoms with Crippen LogP contribution in [0.15, 0.2) is 24.3 Å². The van der Waals surface area contributed by atoms with Crippen molar-refractivity contribution >= 4 is 45.5 Å². The van der Waals surface area contributed by atoms with Crippen molar-refractivity contribution in [3.05, 3.63) is 45.8 Å². The van der Waals surface area contributed by atoms with Crippen LogP contribution in [0.3, 0.4) is 0 Å². The third-order valence-electron chi connectivity index (χ3n) is 4.46. The number of ether oxygens (including phenoxy) is 2. The second-order valence-corrected chi connectivity index (χ2v) is 7.79. The van der Waals surface area contributed by atoms with Crippen molar-refractivity contribution < 1.29 is 19.1 Å².